The molecule has 18 heavy (non-hydrogen) atoms. The van der Waals surface area contributed by atoms with Crippen LogP contribution in [0, 0.1) is 5.82 Å². The first-order chi connectivity index (χ1) is 8.30. The lowest BCUT2D eigenvalue weighted by Crippen LogP contribution is -2.27. The molecule has 0 spiro atoms. The lowest BCUT2D eigenvalue weighted by Gasteiger charge is -2.18. The highest BCUT2D eigenvalue weighted by molar-refractivity contribution is 9.10. The molecule has 1 unspecified atom stereocenters. The predicted octanol–water partition coefficient (Wildman–Crippen LogP) is 2.26. The van der Waals surface area contributed by atoms with Crippen molar-refractivity contribution in [2.45, 2.75) is 11.7 Å². The van der Waals surface area contributed by atoms with Gasteiger partial charge in [0.1, 0.15) is 11.1 Å². The van der Waals surface area contributed by atoms with Gasteiger partial charge < -0.3 is 4.90 Å². The second-order valence-electron chi connectivity index (χ2n) is 3.88. The Kier molecular flexibility index (Phi) is 3.66. The topological polar surface area (TPSA) is 54.5 Å². The minimum atomic E-state index is -3.80. The van der Waals surface area contributed by atoms with Crippen molar-refractivity contribution in [2.75, 3.05) is 11.4 Å². The number of hydrogen-bond donors (Lipinski definition) is 0. The molecular formula is C10H8BrClFNO3S. The number of amides is 1. The largest absolute Gasteiger partial charge is 0.310 e. The first-order valence-electron chi connectivity index (χ1n) is 4.98. The average molecular weight is 357 g/mol. The molecule has 1 heterocycles. The van der Waals surface area contributed by atoms with Crippen molar-refractivity contribution in [3.63, 3.8) is 0 Å². The Morgan fingerprint density at radius 2 is 2.11 bits per heavy atom. The maximum absolute atomic E-state index is 13.4. The van der Waals surface area contributed by atoms with Gasteiger partial charge in [-0.3, -0.25) is 4.79 Å². The Bertz CT molecular complexity index is 607. The van der Waals surface area contributed by atoms with E-state index >= 15 is 0 Å². The molecule has 0 saturated carbocycles. The number of halogens is 3. The van der Waals surface area contributed by atoms with Gasteiger partial charge in [0, 0.05) is 23.6 Å². The average Bonchev–Trinajstić information content (AvgIpc) is 2.64. The third-order valence-electron chi connectivity index (χ3n) is 2.71. The molecule has 0 aromatic heterocycles. The van der Waals surface area contributed by atoms with Gasteiger partial charge in [0.15, 0.2) is 0 Å². The van der Waals surface area contributed by atoms with E-state index in [2.05, 4.69) is 15.9 Å². The van der Waals surface area contributed by atoms with Crippen LogP contribution in [0.4, 0.5) is 10.1 Å². The van der Waals surface area contributed by atoms with Gasteiger partial charge in [-0.2, -0.15) is 0 Å². The summed E-state index contributed by atoms with van der Waals surface area (Å²) in [7, 11) is 1.44. The zero-order chi connectivity index (χ0) is 13.5. The number of rotatable bonds is 2. The van der Waals surface area contributed by atoms with Gasteiger partial charge in [-0.1, -0.05) is 6.07 Å². The van der Waals surface area contributed by atoms with Crippen LogP contribution in [0.2, 0.25) is 0 Å². The zero-order valence-electron chi connectivity index (χ0n) is 8.94. The van der Waals surface area contributed by atoms with Crippen LogP contribution in [0.15, 0.2) is 22.7 Å². The molecule has 0 bridgehead atoms. The normalized spacial score (nSPS) is 20.5. The summed E-state index contributed by atoms with van der Waals surface area (Å²) in [5.41, 5.74) is 0.308. The molecule has 1 atom stereocenters. The van der Waals surface area contributed by atoms with Crippen LogP contribution in [-0.4, -0.2) is 26.1 Å². The van der Waals surface area contributed by atoms with Crippen LogP contribution in [-0.2, 0) is 13.8 Å². The quantitative estimate of drug-likeness (QED) is 0.764. The molecule has 1 aromatic rings. The summed E-state index contributed by atoms with van der Waals surface area (Å²) in [6.07, 6.45) is -0.186. The fourth-order valence-corrected chi connectivity index (χ4v) is 3.30. The molecule has 1 aliphatic heterocycles. The summed E-state index contributed by atoms with van der Waals surface area (Å²) in [6.45, 7) is -0.0628. The smallest absolute Gasteiger partial charge is 0.237 e. The third kappa shape index (κ3) is 2.53. The van der Waals surface area contributed by atoms with Crippen LogP contribution in [0.5, 0.6) is 0 Å². The van der Waals surface area contributed by atoms with E-state index < -0.39 is 26.0 Å². The summed E-state index contributed by atoms with van der Waals surface area (Å²) in [4.78, 5) is 13.0. The van der Waals surface area contributed by atoms with Crippen LogP contribution in [0.1, 0.15) is 6.42 Å². The van der Waals surface area contributed by atoms with E-state index in [-0.39, 0.29) is 17.4 Å². The monoisotopic (exact) mass is 355 g/mol. The Balaban J connectivity index is 2.36. The minimum Gasteiger partial charge on any atom is -0.310 e. The fourth-order valence-electron chi connectivity index (χ4n) is 1.80. The van der Waals surface area contributed by atoms with Crippen LogP contribution >= 0.6 is 26.6 Å². The minimum absolute atomic E-state index is 0.0628. The highest BCUT2D eigenvalue weighted by Crippen LogP contribution is 2.33. The van der Waals surface area contributed by atoms with Crippen molar-refractivity contribution in [1.29, 1.82) is 0 Å². The van der Waals surface area contributed by atoms with E-state index in [9.17, 15) is 17.6 Å². The van der Waals surface area contributed by atoms with Gasteiger partial charge in [0.05, 0.1) is 10.2 Å². The maximum atomic E-state index is 13.4. The van der Waals surface area contributed by atoms with Gasteiger partial charge in [0.25, 0.3) is 0 Å². The van der Waals surface area contributed by atoms with Crippen molar-refractivity contribution in [2.24, 2.45) is 0 Å². The molecule has 1 aliphatic rings. The standard InChI is InChI=1S/C10H8BrClFNO3S/c11-10-7(13)2-1-3-8(10)14-5-6(4-9(14)15)18(12,16)17/h1-3,6H,4-5H2. The number of anilines is 1. The van der Waals surface area contributed by atoms with Crippen LogP contribution in [0.3, 0.4) is 0 Å². The molecule has 0 aliphatic carbocycles. The molecule has 1 amide bonds. The highest BCUT2D eigenvalue weighted by Gasteiger charge is 2.38. The van der Waals surface area contributed by atoms with Gasteiger partial charge in [0.2, 0.25) is 15.0 Å². The molecule has 1 aromatic carbocycles. The molecule has 0 radical (unpaired) electrons. The third-order valence-corrected chi connectivity index (χ3v) is 5.36. The first-order valence-corrected chi connectivity index (χ1v) is 8.15. The number of carbonyl (C=O) groups is 1. The Hall–Kier alpha value is -0.660. The van der Waals surface area contributed by atoms with E-state index in [1.54, 1.807) is 0 Å². The SMILES string of the molecule is O=C1CC(S(=O)(=O)Cl)CN1c1cccc(F)c1Br. The molecule has 0 N–H and O–H groups in total. The van der Waals surface area contributed by atoms with Crippen molar-refractivity contribution in [1.82, 2.24) is 0 Å². The van der Waals surface area contributed by atoms with E-state index in [0.29, 0.717) is 5.69 Å². The van der Waals surface area contributed by atoms with Crippen molar-refractivity contribution in [3.05, 3.63) is 28.5 Å². The van der Waals surface area contributed by atoms with Gasteiger partial charge in [-0.15, -0.1) is 0 Å². The summed E-state index contributed by atoms with van der Waals surface area (Å²) < 4.78 is 35.9. The molecule has 4 nitrogen and oxygen atoms in total. The fraction of sp³-hybridized carbons (Fsp3) is 0.300. The predicted molar refractivity (Wildman–Crippen MR) is 69.6 cm³/mol. The number of carbonyl (C=O) groups excluding carboxylic acids is 1. The first kappa shape index (κ1) is 13.8. The lowest BCUT2D eigenvalue weighted by atomic mass is 10.3. The van der Waals surface area contributed by atoms with E-state index in [0.717, 1.165) is 0 Å². The van der Waals surface area contributed by atoms with Gasteiger partial charge in [-0.05, 0) is 28.1 Å². The molecule has 1 saturated heterocycles. The van der Waals surface area contributed by atoms with Crippen LogP contribution < -0.4 is 4.90 Å². The Morgan fingerprint density at radius 3 is 2.67 bits per heavy atom. The summed E-state index contributed by atoms with van der Waals surface area (Å²) in [6, 6.07) is 4.23. The van der Waals surface area contributed by atoms with E-state index in [1.807, 2.05) is 0 Å². The van der Waals surface area contributed by atoms with E-state index in [1.165, 1.54) is 23.1 Å². The second kappa shape index (κ2) is 4.79. The Labute approximate surface area is 116 Å². The summed E-state index contributed by atoms with van der Waals surface area (Å²) in [5.74, 6) is -0.909. The Morgan fingerprint density at radius 1 is 1.44 bits per heavy atom. The van der Waals surface area contributed by atoms with Crippen molar-refractivity contribution in [3.8, 4) is 0 Å². The molecule has 2 rings (SSSR count). The molecule has 98 valence electrons. The maximum Gasteiger partial charge on any atom is 0.237 e. The number of hydrogen-bond acceptors (Lipinski definition) is 3. The van der Waals surface area contributed by atoms with E-state index in [4.69, 9.17) is 10.7 Å². The second-order valence-corrected chi connectivity index (χ2v) is 7.58. The van der Waals surface area contributed by atoms with Gasteiger partial charge in [-0.25, -0.2) is 12.8 Å². The molecular weight excluding hydrogens is 349 g/mol. The summed E-state index contributed by atoms with van der Waals surface area (Å²) in [5, 5.41) is -0.957. The number of nitrogens with zero attached hydrogens (tertiary/aromatic N) is 1. The van der Waals surface area contributed by atoms with Crippen molar-refractivity contribution >= 4 is 47.3 Å². The molecule has 1 fully saturated rings. The number of benzene rings is 1. The zero-order valence-corrected chi connectivity index (χ0v) is 12.1. The molecule has 8 heteroatoms. The van der Waals surface area contributed by atoms with Gasteiger partial charge >= 0.3 is 0 Å². The van der Waals surface area contributed by atoms with Crippen LogP contribution in [0.25, 0.3) is 0 Å². The van der Waals surface area contributed by atoms with Crippen molar-refractivity contribution < 1.29 is 17.6 Å². The lowest BCUT2D eigenvalue weighted by molar-refractivity contribution is -0.117. The highest BCUT2D eigenvalue weighted by atomic mass is 79.9. The summed E-state index contributed by atoms with van der Waals surface area (Å²) >= 11 is 3.04.